The molecule has 0 fully saturated rings. The van der Waals surface area contributed by atoms with Gasteiger partial charge in [0.2, 0.25) is 0 Å². The topological polar surface area (TPSA) is 61.5 Å². The van der Waals surface area contributed by atoms with Gasteiger partial charge in [0.15, 0.2) is 6.61 Å². The first-order chi connectivity index (χ1) is 8.04. The van der Waals surface area contributed by atoms with Crippen molar-refractivity contribution in [2.24, 2.45) is 5.73 Å². The van der Waals surface area contributed by atoms with Crippen molar-refractivity contribution in [3.63, 3.8) is 0 Å². The maximum absolute atomic E-state index is 11.3. The minimum Gasteiger partial charge on any atom is -0.480 e. The molecule has 5 heteroatoms. The zero-order chi connectivity index (χ0) is 12.8. The van der Waals surface area contributed by atoms with Crippen LogP contribution in [-0.2, 0) is 16.1 Å². The fraction of sp³-hybridized carbons (Fsp3) is 0.417. The first-order valence-corrected chi connectivity index (χ1v) is 6.13. The molecule has 94 valence electrons. The standard InChI is InChI=1S/C12H16BrNO3/c1-8(2)17-11(15)7-16-12-9(6-14)4-3-5-10(12)13/h3-5,8H,6-7,14H2,1-2H3. The molecule has 0 bridgehead atoms. The molecule has 0 heterocycles. The third-order valence-electron chi connectivity index (χ3n) is 1.97. The molecule has 0 aromatic heterocycles. The molecule has 1 aromatic rings. The van der Waals surface area contributed by atoms with Gasteiger partial charge in [-0.1, -0.05) is 12.1 Å². The van der Waals surface area contributed by atoms with E-state index in [1.165, 1.54) is 0 Å². The molecule has 0 spiro atoms. The van der Waals surface area contributed by atoms with Crippen LogP contribution in [0.3, 0.4) is 0 Å². The van der Waals surface area contributed by atoms with E-state index in [9.17, 15) is 4.79 Å². The fourth-order valence-electron chi connectivity index (χ4n) is 1.30. The Morgan fingerprint density at radius 1 is 1.47 bits per heavy atom. The number of hydrogen-bond acceptors (Lipinski definition) is 4. The average Bonchev–Trinajstić information content (AvgIpc) is 2.26. The van der Waals surface area contributed by atoms with E-state index >= 15 is 0 Å². The van der Waals surface area contributed by atoms with Crippen LogP contribution in [0.5, 0.6) is 5.75 Å². The van der Waals surface area contributed by atoms with Crippen LogP contribution in [0.1, 0.15) is 19.4 Å². The van der Waals surface area contributed by atoms with Crippen molar-refractivity contribution in [1.29, 1.82) is 0 Å². The van der Waals surface area contributed by atoms with Crippen molar-refractivity contribution in [2.45, 2.75) is 26.5 Å². The number of ether oxygens (including phenoxy) is 2. The Labute approximate surface area is 109 Å². The molecular weight excluding hydrogens is 286 g/mol. The molecule has 0 atom stereocenters. The molecule has 1 aromatic carbocycles. The number of nitrogens with two attached hydrogens (primary N) is 1. The van der Waals surface area contributed by atoms with Crippen molar-refractivity contribution in [2.75, 3.05) is 6.61 Å². The van der Waals surface area contributed by atoms with Crippen LogP contribution in [0.15, 0.2) is 22.7 Å². The Balaban J connectivity index is 2.65. The number of benzene rings is 1. The zero-order valence-electron chi connectivity index (χ0n) is 9.90. The number of esters is 1. The van der Waals surface area contributed by atoms with Gasteiger partial charge in [0, 0.05) is 12.1 Å². The second kappa shape index (κ2) is 6.61. The van der Waals surface area contributed by atoms with Crippen molar-refractivity contribution < 1.29 is 14.3 Å². The van der Waals surface area contributed by atoms with Gasteiger partial charge in [0.05, 0.1) is 10.6 Å². The predicted octanol–water partition coefficient (Wildman–Crippen LogP) is 2.24. The third-order valence-corrected chi connectivity index (χ3v) is 2.59. The number of para-hydroxylation sites is 1. The van der Waals surface area contributed by atoms with Crippen LogP contribution in [0.2, 0.25) is 0 Å². The molecule has 0 aliphatic carbocycles. The first-order valence-electron chi connectivity index (χ1n) is 5.34. The lowest BCUT2D eigenvalue weighted by Crippen LogP contribution is -2.19. The lowest BCUT2D eigenvalue weighted by Gasteiger charge is -2.13. The summed E-state index contributed by atoms with van der Waals surface area (Å²) in [5.41, 5.74) is 6.43. The summed E-state index contributed by atoms with van der Waals surface area (Å²) in [5.74, 6) is 0.203. The number of hydrogen-bond donors (Lipinski definition) is 1. The SMILES string of the molecule is CC(C)OC(=O)COc1c(Br)cccc1CN. The summed E-state index contributed by atoms with van der Waals surface area (Å²) in [5, 5.41) is 0. The zero-order valence-corrected chi connectivity index (χ0v) is 11.5. The summed E-state index contributed by atoms with van der Waals surface area (Å²) in [7, 11) is 0. The summed E-state index contributed by atoms with van der Waals surface area (Å²) in [6.45, 7) is 3.82. The Bertz CT molecular complexity index is 393. The molecule has 0 radical (unpaired) electrons. The third kappa shape index (κ3) is 4.36. The highest BCUT2D eigenvalue weighted by Gasteiger charge is 2.11. The summed E-state index contributed by atoms with van der Waals surface area (Å²) < 4.78 is 11.2. The number of halogens is 1. The van der Waals surface area contributed by atoms with E-state index in [1.807, 2.05) is 18.2 Å². The van der Waals surface area contributed by atoms with E-state index in [1.54, 1.807) is 13.8 Å². The number of rotatable bonds is 5. The first kappa shape index (κ1) is 14.0. The van der Waals surface area contributed by atoms with Gasteiger partial charge in [0.1, 0.15) is 5.75 Å². The van der Waals surface area contributed by atoms with Gasteiger partial charge in [-0.25, -0.2) is 4.79 Å². The average molecular weight is 302 g/mol. The van der Waals surface area contributed by atoms with Gasteiger partial charge >= 0.3 is 5.97 Å². The second-order valence-corrected chi connectivity index (χ2v) is 4.61. The second-order valence-electron chi connectivity index (χ2n) is 3.76. The summed E-state index contributed by atoms with van der Waals surface area (Å²) in [4.78, 5) is 11.3. The van der Waals surface area contributed by atoms with E-state index in [2.05, 4.69) is 15.9 Å². The molecule has 0 amide bonds. The molecule has 0 saturated heterocycles. The Morgan fingerprint density at radius 3 is 2.76 bits per heavy atom. The minimum atomic E-state index is -0.390. The molecule has 17 heavy (non-hydrogen) atoms. The maximum atomic E-state index is 11.3. The number of carbonyl (C=O) groups is 1. The summed E-state index contributed by atoms with van der Waals surface area (Å²) in [6.07, 6.45) is -0.140. The van der Waals surface area contributed by atoms with E-state index in [-0.39, 0.29) is 12.7 Å². The van der Waals surface area contributed by atoms with Crippen molar-refractivity contribution in [3.8, 4) is 5.75 Å². The van der Waals surface area contributed by atoms with Gasteiger partial charge < -0.3 is 15.2 Å². The quantitative estimate of drug-likeness (QED) is 0.847. The molecular formula is C12H16BrNO3. The smallest absolute Gasteiger partial charge is 0.344 e. The Hall–Kier alpha value is -1.07. The lowest BCUT2D eigenvalue weighted by molar-refractivity contribution is -0.149. The monoisotopic (exact) mass is 301 g/mol. The van der Waals surface area contributed by atoms with Gasteiger partial charge in [-0.3, -0.25) is 0 Å². The van der Waals surface area contributed by atoms with E-state index in [0.29, 0.717) is 12.3 Å². The molecule has 1 rings (SSSR count). The van der Waals surface area contributed by atoms with Crippen LogP contribution in [-0.4, -0.2) is 18.7 Å². The summed E-state index contributed by atoms with van der Waals surface area (Å²) in [6, 6.07) is 5.56. The Kier molecular flexibility index (Phi) is 5.44. The normalized spacial score (nSPS) is 10.4. The van der Waals surface area contributed by atoms with Crippen molar-refractivity contribution in [1.82, 2.24) is 0 Å². The van der Waals surface area contributed by atoms with Gasteiger partial charge in [-0.15, -0.1) is 0 Å². The van der Waals surface area contributed by atoms with Crippen molar-refractivity contribution >= 4 is 21.9 Å². The fourth-order valence-corrected chi connectivity index (χ4v) is 1.83. The molecule has 0 saturated carbocycles. The van der Waals surface area contributed by atoms with Crippen LogP contribution < -0.4 is 10.5 Å². The largest absolute Gasteiger partial charge is 0.480 e. The van der Waals surface area contributed by atoms with Crippen LogP contribution >= 0.6 is 15.9 Å². The highest BCUT2D eigenvalue weighted by molar-refractivity contribution is 9.10. The van der Waals surface area contributed by atoms with Crippen LogP contribution in [0.25, 0.3) is 0 Å². The molecule has 0 unspecified atom stereocenters. The van der Waals surface area contributed by atoms with E-state index in [0.717, 1.165) is 10.0 Å². The number of carbonyl (C=O) groups excluding carboxylic acids is 1. The summed E-state index contributed by atoms with van der Waals surface area (Å²) >= 11 is 3.36. The van der Waals surface area contributed by atoms with Crippen LogP contribution in [0.4, 0.5) is 0 Å². The lowest BCUT2D eigenvalue weighted by atomic mass is 10.2. The maximum Gasteiger partial charge on any atom is 0.344 e. The van der Waals surface area contributed by atoms with E-state index < -0.39 is 5.97 Å². The van der Waals surface area contributed by atoms with Gasteiger partial charge in [-0.05, 0) is 35.8 Å². The predicted molar refractivity (Wildman–Crippen MR) is 68.8 cm³/mol. The van der Waals surface area contributed by atoms with Crippen LogP contribution in [0, 0.1) is 0 Å². The Morgan fingerprint density at radius 2 is 2.18 bits per heavy atom. The molecule has 0 aliphatic rings. The molecule has 4 nitrogen and oxygen atoms in total. The highest BCUT2D eigenvalue weighted by Crippen LogP contribution is 2.28. The minimum absolute atomic E-state index is 0.117. The van der Waals surface area contributed by atoms with Gasteiger partial charge in [-0.2, -0.15) is 0 Å². The molecule has 2 N–H and O–H groups in total. The molecule has 0 aliphatic heterocycles. The van der Waals surface area contributed by atoms with Crippen molar-refractivity contribution in [3.05, 3.63) is 28.2 Å². The van der Waals surface area contributed by atoms with Gasteiger partial charge in [0.25, 0.3) is 0 Å². The highest BCUT2D eigenvalue weighted by atomic mass is 79.9. The van der Waals surface area contributed by atoms with E-state index in [4.69, 9.17) is 15.2 Å².